The minimum absolute atomic E-state index is 0.107. The molecule has 0 saturated heterocycles. The van der Waals surface area contributed by atoms with Crippen molar-refractivity contribution in [3.63, 3.8) is 0 Å². The van der Waals surface area contributed by atoms with E-state index < -0.39 is 10.0 Å². The molecule has 2 rings (SSSR count). The molecule has 10 heteroatoms. The van der Waals surface area contributed by atoms with Crippen LogP contribution in [0.4, 0.5) is 0 Å². The molecule has 0 aliphatic heterocycles. The molecule has 0 aliphatic rings. The normalized spacial score (nSPS) is 11.9. The molecule has 110 valence electrons. The van der Waals surface area contributed by atoms with Crippen molar-refractivity contribution in [2.75, 3.05) is 13.1 Å². The lowest BCUT2D eigenvalue weighted by molar-refractivity contribution is 0.387. The van der Waals surface area contributed by atoms with E-state index in [1.54, 1.807) is 6.92 Å². The highest BCUT2D eigenvalue weighted by molar-refractivity contribution is 7.89. The predicted octanol–water partition coefficient (Wildman–Crippen LogP) is -0.946. The van der Waals surface area contributed by atoms with Gasteiger partial charge in [0.25, 0.3) is 0 Å². The monoisotopic (exact) mass is 300 g/mol. The summed E-state index contributed by atoms with van der Waals surface area (Å²) in [6.07, 6.45) is 3.08. The van der Waals surface area contributed by atoms with Crippen LogP contribution in [-0.4, -0.2) is 41.4 Å². The van der Waals surface area contributed by atoms with Gasteiger partial charge in [0.15, 0.2) is 5.82 Å². The SMILES string of the molecule is Cc1nc(CCNS(=O)(=O)c2cnn(CCN)c2)no1. The van der Waals surface area contributed by atoms with Crippen molar-refractivity contribution >= 4 is 10.0 Å². The summed E-state index contributed by atoms with van der Waals surface area (Å²) in [5.74, 6) is 0.912. The molecule has 0 atom stereocenters. The van der Waals surface area contributed by atoms with Gasteiger partial charge in [-0.15, -0.1) is 0 Å². The van der Waals surface area contributed by atoms with Crippen molar-refractivity contribution in [1.82, 2.24) is 24.6 Å². The first-order chi connectivity index (χ1) is 9.51. The first-order valence-electron chi connectivity index (χ1n) is 6.02. The summed E-state index contributed by atoms with van der Waals surface area (Å²) < 4.78 is 32.7. The highest BCUT2D eigenvalue weighted by Gasteiger charge is 2.16. The molecule has 2 heterocycles. The summed E-state index contributed by atoms with van der Waals surface area (Å²) in [6, 6.07) is 0. The van der Waals surface area contributed by atoms with Gasteiger partial charge in [0.2, 0.25) is 15.9 Å². The van der Waals surface area contributed by atoms with Gasteiger partial charge in [-0.2, -0.15) is 10.1 Å². The number of nitrogens with two attached hydrogens (primary N) is 1. The fourth-order valence-electron chi connectivity index (χ4n) is 1.56. The predicted molar refractivity (Wildman–Crippen MR) is 69.2 cm³/mol. The highest BCUT2D eigenvalue weighted by Crippen LogP contribution is 2.06. The minimum Gasteiger partial charge on any atom is -0.340 e. The van der Waals surface area contributed by atoms with Crippen LogP contribution in [0.3, 0.4) is 0 Å². The maximum Gasteiger partial charge on any atom is 0.243 e. The molecule has 2 aromatic rings. The molecule has 0 aliphatic carbocycles. The van der Waals surface area contributed by atoms with E-state index in [9.17, 15) is 8.42 Å². The molecule has 0 bridgehead atoms. The van der Waals surface area contributed by atoms with Gasteiger partial charge in [-0.1, -0.05) is 5.16 Å². The lowest BCUT2D eigenvalue weighted by Crippen LogP contribution is -2.26. The Kier molecular flexibility index (Phi) is 4.47. The smallest absolute Gasteiger partial charge is 0.243 e. The first-order valence-corrected chi connectivity index (χ1v) is 7.51. The van der Waals surface area contributed by atoms with Crippen molar-refractivity contribution in [2.45, 2.75) is 24.8 Å². The Morgan fingerprint density at radius 1 is 1.50 bits per heavy atom. The molecule has 0 aromatic carbocycles. The molecule has 3 N–H and O–H groups in total. The summed E-state index contributed by atoms with van der Waals surface area (Å²) >= 11 is 0. The quantitative estimate of drug-likeness (QED) is 0.674. The maximum absolute atomic E-state index is 12.0. The fourth-order valence-corrected chi connectivity index (χ4v) is 2.55. The Morgan fingerprint density at radius 2 is 2.30 bits per heavy atom. The Balaban J connectivity index is 1.92. The third-order valence-corrected chi connectivity index (χ3v) is 3.90. The van der Waals surface area contributed by atoms with Crippen LogP contribution in [0.2, 0.25) is 0 Å². The average Bonchev–Trinajstić information content (AvgIpc) is 2.99. The van der Waals surface area contributed by atoms with Gasteiger partial charge in [-0.3, -0.25) is 4.68 Å². The Morgan fingerprint density at radius 3 is 2.95 bits per heavy atom. The zero-order valence-electron chi connectivity index (χ0n) is 11.0. The third kappa shape index (κ3) is 3.62. The van der Waals surface area contributed by atoms with Gasteiger partial charge in [0.05, 0.1) is 12.7 Å². The second-order valence-electron chi connectivity index (χ2n) is 4.11. The molecular weight excluding hydrogens is 284 g/mol. The highest BCUT2D eigenvalue weighted by atomic mass is 32.2. The fraction of sp³-hybridized carbons (Fsp3) is 0.500. The number of hydrogen-bond acceptors (Lipinski definition) is 7. The molecular formula is C10H16N6O3S. The Hall–Kier alpha value is -1.78. The summed E-state index contributed by atoms with van der Waals surface area (Å²) in [5.41, 5.74) is 5.38. The van der Waals surface area contributed by atoms with Crippen LogP contribution in [0, 0.1) is 6.92 Å². The maximum atomic E-state index is 12.0. The Labute approximate surface area is 116 Å². The molecule has 2 aromatic heterocycles. The summed E-state index contributed by atoms with van der Waals surface area (Å²) in [7, 11) is -3.58. The number of nitrogens with zero attached hydrogens (tertiary/aromatic N) is 4. The zero-order chi connectivity index (χ0) is 14.6. The van der Waals surface area contributed by atoms with Crippen molar-refractivity contribution < 1.29 is 12.9 Å². The van der Waals surface area contributed by atoms with Crippen molar-refractivity contribution in [3.05, 3.63) is 24.1 Å². The van der Waals surface area contributed by atoms with E-state index in [1.807, 2.05) is 0 Å². The van der Waals surface area contributed by atoms with E-state index in [0.29, 0.717) is 31.2 Å². The third-order valence-electron chi connectivity index (χ3n) is 2.49. The summed E-state index contributed by atoms with van der Waals surface area (Å²) in [5, 5.41) is 7.60. The molecule has 0 unspecified atom stereocenters. The van der Waals surface area contributed by atoms with Crippen LogP contribution in [0.15, 0.2) is 21.8 Å². The van der Waals surface area contributed by atoms with E-state index >= 15 is 0 Å². The first kappa shape index (κ1) is 14.6. The van der Waals surface area contributed by atoms with Gasteiger partial charge in [-0.25, -0.2) is 13.1 Å². The van der Waals surface area contributed by atoms with Crippen LogP contribution in [0.25, 0.3) is 0 Å². The molecule has 0 spiro atoms. The number of aromatic nitrogens is 4. The van der Waals surface area contributed by atoms with E-state index in [4.69, 9.17) is 10.3 Å². The average molecular weight is 300 g/mol. The van der Waals surface area contributed by atoms with Crippen molar-refractivity contribution in [1.29, 1.82) is 0 Å². The number of hydrogen-bond donors (Lipinski definition) is 2. The second-order valence-corrected chi connectivity index (χ2v) is 5.87. The number of sulfonamides is 1. The zero-order valence-corrected chi connectivity index (χ0v) is 11.8. The summed E-state index contributed by atoms with van der Waals surface area (Å²) in [4.78, 5) is 4.10. The summed E-state index contributed by atoms with van der Waals surface area (Å²) in [6.45, 7) is 2.72. The van der Waals surface area contributed by atoms with Crippen LogP contribution in [-0.2, 0) is 23.0 Å². The molecule has 0 radical (unpaired) electrons. The standard InChI is InChI=1S/C10H16N6O3S/c1-8-14-10(15-19-8)2-4-13-20(17,18)9-6-12-16(7-9)5-3-11/h6-7,13H,2-5,11H2,1H3. The van der Waals surface area contributed by atoms with E-state index in [1.165, 1.54) is 17.1 Å². The van der Waals surface area contributed by atoms with Crippen molar-refractivity contribution in [3.8, 4) is 0 Å². The largest absolute Gasteiger partial charge is 0.340 e. The molecule has 0 amide bonds. The van der Waals surface area contributed by atoms with Crippen LogP contribution >= 0.6 is 0 Å². The second kappa shape index (κ2) is 6.11. The minimum atomic E-state index is -3.58. The number of aryl methyl sites for hydroxylation is 1. The van der Waals surface area contributed by atoms with E-state index in [2.05, 4.69) is 20.0 Å². The molecule has 0 saturated carbocycles. The lowest BCUT2D eigenvalue weighted by Gasteiger charge is -2.02. The van der Waals surface area contributed by atoms with Crippen LogP contribution in [0.1, 0.15) is 11.7 Å². The van der Waals surface area contributed by atoms with E-state index in [0.717, 1.165) is 0 Å². The molecule has 0 fully saturated rings. The Bertz CT molecular complexity index is 662. The molecule has 9 nitrogen and oxygen atoms in total. The van der Waals surface area contributed by atoms with Gasteiger partial charge in [0.1, 0.15) is 4.90 Å². The van der Waals surface area contributed by atoms with Crippen molar-refractivity contribution in [2.24, 2.45) is 5.73 Å². The number of rotatable bonds is 7. The number of nitrogens with one attached hydrogen (secondary N) is 1. The van der Waals surface area contributed by atoms with E-state index in [-0.39, 0.29) is 11.4 Å². The van der Waals surface area contributed by atoms with Gasteiger partial charge < -0.3 is 10.3 Å². The topological polar surface area (TPSA) is 129 Å². The van der Waals surface area contributed by atoms with Crippen LogP contribution in [0.5, 0.6) is 0 Å². The van der Waals surface area contributed by atoms with Gasteiger partial charge in [0, 0.05) is 32.6 Å². The molecule has 20 heavy (non-hydrogen) atoms. The lowest BCUT2D eigenvalue weighted by atomic mass is 10.4. The van der Waals surface area contributed by atoms with Gasteiger partial charge in [-0.05, 0) is 0 Å². The van der Waals surface area contributed by atoms with Gasteiger partial charge >= 0.3 is 0 Å². The van der Waals surface area contributed by atoms with Crippen LogP contribution < -0.4 is 10.5 Å².